The van der Waals surface area contributed by atoms with E-state index in [0.29, 0.717) is 5.56 Å². The number of hydrogen-bond donors (Lipinski definition) is 0. The number of nitrogens with zero attached hydrogens (tertiary/aromatic N) is 1. The molecular weight excluding hydrogens is 314 g/mol. The third kappa shape index (κ3) is 4.01. The summed E-state index contributed by atoms with van der Waals surface area (Å²) in [5.74, 6) is -0.579. The predicted octanol–water partition coefficient (Wildman–Crippen LogP) is 4.18. The lowest BCUT2D eigenvalue weighted by Crippen LogP contribution is -2.44. The molecule has 132 valence electrons. The van der Waals surface area contributed by atoms with Crippen molar-refractivity contribution in [2.24, 2.45) is 0 Å². The second-order valence-corrected chi connectivity index (χ2v) is 6.85. The number of ether oxygens (including phenoxy) is 1. The fourth-order valence-corrected chi connectivity index (χ4v) is 3.53. The molecule has 1 aliphatic carbocycles. The monoisotopic (exact) mass is 339 g/mol. The van der Waals surface area contributed by atoms with Crippen LogP contribution in [0.1, 0.15) is 49.4 Å². The van der Waals surface area contributed by atoms with Gasteiger partial charge in [-0.1, -0.05) is 49.6 Å². The molecule has 1 atom stereocenters. The quantitative estimate of drug-likeness (QED) is 0.785. The van der Waals surface area contributed by atoms with E-state index in [1.165, 1.54) is 6.42 Å². The van der Waals surface area contributed by atoms with Gasteiger partial charge in [-0.05, 0) is 42.7 Å². The van der Waals surface area contributed by atoms with E-state index in [0.717, 1.165) is 36.5 Å². The number of benzene rings is 2. The largest absolute Gasteiger partial charge is 0.449 e. The van der Waals surface area contributed by atoms with Gasteiger partial charge in [0.15, 0.2) is 6.10 Å². The van der Waals surface area contributed by atoms with E-state index in [2.05, 4.69) is 0 Å². The van der Waals surface area contributed by atoms with E-state index in [-0.39, 0.29) is 11.9 Å². The molecule has 2 aromatic rings. The summed E-state index contributed by atoms with van der Waals surface area (Å²) in [5.41, 5.74) is 0.471. The number of rotatable bonds is 4. The average molecular weight is 339 g/mol. The van der Waals surface area contributed by atoms with Crippen molar-refractivity contribution in [1.29, 1.82) is 0 Å². The molecule has 0 aliphatic heterocycles. The number of esters is 1. The summed E-state index contributed by atoms with van der Waals surface area (Å²) in [6.07, 6.45) is 4.86. The van der Waals surface area contributed by atoms with Crippen LogP contribution in [0.25, 0.3) is 10.8 Å². The number of carbonyl (C=O) groups is 2. The van der Waals surface area contributed by atoms with Gasteiger partial charge in [-0.2, -0.15) is 0 Å². The molecule has 0 saturated heterocycles. The summed E-state index contributed by atoms with van der Waals surface area (Å²) in [6.45, 7) is 1.65. The molecule has 1 amide bonds. The first kappa shape index (κ1) is 17.5. The Kier molecular flexibility index (Phi) is 5.37. The molecule has 0 spiro atoms. The summed E-state index contributed by atoms with van der Waals surface area (Å²) in [4.78, 5) is 26.7. The van der Waals surface area contributed by atoms with E-state index < -0.39 is 12.1 Å². The van der Waals surface area contributed by atoms with Crippen LogP contribution in [-0.4, -0.2) is 36.0 Å². The van der Waals surface area contributed by atoms with Crippen LogP contribution in [0.2, 0.25) is 0 Å². The van der Waals surface area contributed by atoms with Crippen molar-refractivity contribution in [3.8, 4) is 0 Å². The van der Waals surface area contributed by atoms with Crippen LogP contribution in [0.5, 0.6) is 0 Å². The Bertz CT molecular complexity index is 765. The Hall–Kier alpha value is -2.36. The van der Waals surface area contributed by atoms with Crippen LogP contribution in [0, 0.1) is 0 Å². The minimum absolute atomic E-state index is 0.124. The van der Waals surface area contributed by atoms with Crippen LogP contribution < -0.4 is 0 Å². The highest BCUT2D eigenvalue weighted by molar-refractivity contribution is 5.96. The molecule has 4 heteroatoms. The lowest BCUT2D eigenvalue weighted by molar-refractivity contribution is -0.141. The van der Waals surface area contributed by atoms with Gasteiger partial charge in [0.1, 0.15) is 0 Å². The van der Waals surface area contributed by atoms with E-state index in [1.807, 2.05) is 37.4 Å². The lowest BCUT2D eigenvalue weighted by atomic mass is 9.94. The smallest absolute Gasteiger partial charge is 0.338 e. The number of hydrogen-bond acceptors (Lipinski definition) is 3. The van der Waals surface area contributed by atoms with Crippen LogP contribution in [0.15, 0.2) is 42.5 Å². The van der Waals surface area contributed by atoms with Crippen molar-refractivity contribution in [3.05, 3.63) is 48.0 Å². The normalized spacial score (nSPS) is 16.4. The molecule has 1 fully saturated rings. The topological polar surface area (TPSA) is 46.6 Å². The maximum Gasteiger partial charge on any atom is 0.338 e. The second-order valence-electron chi connectivity index (χ2n) is 6.85. The minimum atomic E-state index is -0.772. The van der Waals surface area contributed by atoms with Crippen LogP contribution in [-0.2, 0) is 9.53 Å². The van der Waals surface area contributed by atoms with Crippen LogP contribution in [0.4, 0.5) is 0 Å². The molecule has 0 unspecified atom stereocenters. The number of amides is 1. The molecule has 0 aromatic heterocycles. The number of fused-ring (bicyclic) bond motifs is 1. The van der Waals surface area contributed by atoms with Gasteiger partial charge in [-0.15, -0.1) is 0 Å². The highest BCUT2D eigenvalue weighted by atomic mass is 16.5. The zero-order valence-corrected chi connectivity index (χ0v) is 14.9. The van der Waals surface area contributed by atoms with E-state index in [9.17, 15) is 9.59 Å². The highest BCUT2D eigenvalue weighted by Crippen LogP contribution is 2.22. The molecule has 4 nitrogen and oxygen atoms in total. The zero-order valence-electron chi connectivity index (χ0n) is 14.9. The molecule has 0 radical (unpaired) electrons. The van der Waals surface area contributed by atoms with E-state index >= 15 is 0 Å². The summed E-state index contributed by atoms with van der Waals surface area (Å²) in [5, 5.41) is 2.05. The van der Waals surface area contributed by atoms with Gasteiger partial charge in [0.05, 0.1) is 5.56 Å². The minimum Gasteiger partial charge on any atom is -0.449 e. The maximum absolute atomic E-state index is 12.6. The van der Waals surface area contributed by atoms with Gasteiger partial charge >= 0.3 is 5.97 Å². The van der Waals surface area contributed by atoms with Crippen molar-refractivity contribution in [2.75, 3.05) is 7.05 Å². The van der Waals surface area contributed by atoms with Gasteiger partial charge in [0.2, 0.25) is 0 Å². The second kappa shape index (κ2) is 7.68. The average Bonchev–Trinajstić information content (AvgIpc) is 2.67. The van der Waals surface area contributed by atoms with Crippen molar-refractivity contribution >= 4 is 22.6 Å². The van der Waals surface area contributed by atoms with Crippen molar-refractivity contribution in [2.45, 2.75) is 51.2 Å². The highest BCUT2D eigenvalue weighted by Gasteiger charge is 2.27. The Morgan fingerprint density at radius 1 is 1.04 bits per heavy atom. The Morgan fingerprint density at radius 2 is 1.72 bits per heavy atom. The molecule has 1 aliphatic rings. The van der Waals surface area contributed by atoms with Gasteiger partial charge in [-0.3, -0.25) is 4.79 Å². The van der Waals surface area contributed by atoms with E-state index in [1.54, 1.807) is 24.0 Å². The summed E-state index contributed by atoms with van der Waals surface area (Å²) in [7, 11) is 1.82. The Labute approximate surface area is 148 Å². The summed E-state index contributed by atoms with van der Waals surface area (Å²) in [6, 6.07) is 13.6. The molecule has 0 N–H and O–H groups in total. The third-order valence-corrected chi connectivity index (χ3v) is 5.09. The predicted molar refractivity (Wildman–Crippen MR) is 98.5 cm³/mol. The van der Waals surface area contributed by atoms with Crippen LogP contribution >= 0.6 is 0 Å². The molecule has 3 rings (SSSR count). The number of carbonyl (C=O) groups excluding carboxylic acids is 2. The van der Waals surface area contributed by atoms with Crippen molar-refractivity contribution in [1.82, 2.24) is 4.90 Å². The third-order valence-electron chi connectivity index (χ3n) is 5.09. The van der Waals surface area contributed by atoms with Gasteiger partial charge in [0.25, 0.3) is 5.91 Å². The molecule has 1 saturated carbocycles. The Morgan fingerprint density at radius 3 is 2.44 bits per heavy atom. The molecule has 0 bridgehead atoms. The standard InChI is InChI=1S/C21H25NO3/c1-15(20(23)22(2)19-10-4-3-5-11-19)25-21(24)18-13-12-16-8-6-7-9-17(16)14-18/h6-9,12-15,19H,3-5,10-11H2,1-2H3/t15-/m0/s1. The molecule has 25 heavy (non-hydrogen) atoms. The SMILES string of the molecule is C[C@H](OC(=O)c1ccc2ccccc2c1)C(=O)N(C)C1CCCCC1. The lowest BCUT2D eigenvalue weighted by Gasteiger charge is -2.32. The maximum atomic E-state index is 12.6. The van der Waals surface area contributed by atoms with Crippen molar-refractivity contribution in [3.63, 3.8) is 0 Å². The molecule has 0 heterocycles. The van der Waals surface area contributed by atoms with E-state index in [4.69, 9.17) is 4.74 Å². The Balaban J connectivity index is 1.65. The fourth-order valence-electron chi connectivity index (χ4n) is 3.53. The fraction of sp³-hybridized carbons (Fsp3) is 0.429. The first-order chi connectivity index (χ1) is 12.1. The van der Waals surface area contributed by atoms with Gasteiger partial charge < -0.3 is 9.64 Å². The molecule has 2 aromatic carbocycles. The summed E-state index contributed by atoms with van der Waals surface area (Å²) >= 11 is 0. The van der Waals surface area contributed by atoms with Gasteiger partial charge in [-0.25, -0.2) is 4.79 Å². The first-order valence-electron chi connectivity index (χ1n) is 9.03. The number of likely N-dealkylation sites (N-methyl/N-ethyl adjacent to an activating group) is 1. The van der Waals surface area contributed by atoms with Gasteiger partial charge in [0, 0.05) is 13.1 Å². The van der Waals surface area contributed by atoms with Crippen LogP contribution in [0.3, 0.4) is 0 Å². The zero-order chi connectivity index (χ0) is 17.8. The first-order valence-corrected chi connectivity index (χ1v) is 9.03. The van der Waals surface area contributed by atoms with Crippen molar-refractivity contribution < 1.29 is 14.3 Å². The molecular formula is C21H25NO3. The summed E-state index contributed by atoms with van der Waals surface area (Å²) < 4.78 is 5.43.